The molecule has 11 heteroatoms. The third-order valence-corrected chi connectivity index (χ3v) is 6.22. The number of pyridine rings is 1. The zero-order valence-electron chi connectivity index (χ0n) is 17.8. The van der Waals surface area contributed by atoms with Crippen molar-refractivity contribution in [3.05, 3.63) is 65.5 Å². The number of amides is 1. The normalized spacial score (nSPS) is 18.8. The molecule has 2 N–H and O–H groups in total. The highest BCUT2D eigenvalue weighted by molar-refractivity contribution is 6.31. The molecule has 1 fully saturated rings. The van der Waals surface area contributed by atoms with E-state index in [2.05, 4.69) is 25.6 Å². The van der Waals surface area contributed by atoms with Crippen LogP contribution in [0.4, 0.5) is 18.9 Å². The van der Waals surface area contributed by atoms with Crippen LogP contribution in [-0.2, 0) is 6.18 Å². The molecule has 4 aromatic rings. The molecular formula is C23H20ClF3N6O. The minimum Gasteiger partial charge on any atom is -0.382 e. The number of nitrogens with zero attached hydrogens (tertiary/aromatic N) is 4. The van der Waals surface area contributed by atoms with E-state index in [0.717, 1.165) is 6.07 Å². The standard InChI is InChI=1S/C23H20ClF3N6O/c24-13-1-6-17-16(9-13)18(10-20(31-17)23(25,26)27)29-14-2-4-15(5-3-14)30-22(34)19-12-33-8-7-28-11-21(33)32-19/h1,6-12,14-15H,2-5H2,(H,29,31)(H,30,34). The van der Waals surface area contributed by atoms with Crippen LogP contribution >= 0.6 is 11.6 Å². The largest absolute Gasteiger partial charge is 0.433 e. The second kappa shape index (κ2) is 8.75. The second-order valence-electron chi connectivity index (χ2n) is 8.35. The summed E-state index contributed by atoms with van der Waals surface area (Å²) in [5.74, 6) is -0.260. The molecule has 0 spiro atoms. The summed E-state index contributed by atoms with van der Waals surface area (Å²) in [5, 5.41) is 7.22. The van der Waals surface area contributed by atoms with Crippen LogP contribution in [0.3, 0.4) is 0 Å². The Hall–Kier alpha value is -3.40. The van der Waals surface area contributed by atoms with Crippen LogP contribution in [0.5, 0.6) is 0 Å². The van der Waals surface area contributed by atoms with Crippen LogP contribution in [0.1, 0.15) is 41.9 Å². The van der Waals surface area contributed by atoms with Crippen molar-refractivity contribution in [1.82, 2.24) is 24.7 Å². The van der Waals surface area contributed by atoms with E-state index in [1.165, 1.54) is 12.1 Å². The van der Waals surface area contributed by atoms with Crippen LogP contribution in [0.2, 0.25) is 5.02 Å². The topological polar surface area (TPSA) is 84.2 Å². The summed E-state index contributed by atoms with van der Waals surface area (Å²) < 4.78 is 41.8. The Morgan fingerprint density at radius 1 is 1.09 bits per heavy atom. The smallest absolute Gasteiger partial charge is 0.382 e. The molecule has 3 heterocycles. The Kier molecular flexibility index (Phi) is 5.76. The first-order valence-electron chi connectivity index (χ1n) is 10.8. The van der Waals surface area contributed by atoms with Gasteiger partial charge in [-0.05, 0) is 49.9 Å². The first-order valence-corrected chi connectivity index (χ1v) is 11.2. The van der Waals surface area contributed by atoms with Gasteiger partial charge in [0.25, 0.3) is 5.91 Å². The lowest BCUT2D eigenvalue weighted by molar-refractivity contribution is -0.140. The first-order chi connectivity index (χ1) is 16.3. The molecule has 0 unspecified atom stereocenters. The fourth-order valence-corrected chi connectivity index (χ4v) is 4.45. The Bertz CT molecular complexity index is 1330. The number of hydrogen-bond donors (Lipinski definition) is 2. The van der Waals surface area contributed by atoms with Gasteiger partial charge in [-0.3, -0.25) is 9.78 Å². The summed E-state index contributed by atoms with van der Waals surface area (Å²) in [5.41, 5.74) is 0.529. The highest BCUT2D eigenvalue weighted by Gasteiger charge is 2.34. The predicted octanol–water partition coefficient (Wildman–Crippen LogP) is 5.10. The van der Waals surface area contributed by atoms with Crippen molar-refractivity contribution in [3.8, 4) is 0 Å². The molecule has 1 aliphatic rings. The predicted molar refractivity (Wildman–Crippen MR) is 122 cm³/mol. The number of alkyl halides is 3. The number of nitrogens with one attached hydrogen (secondary N) is 2. The van der Waals surface area contributed by atoms with Gasteiger partial charge in [0, 0.05) is 46.8 Å². The molecule has 0 saturated heterocycles. The van der Waals surface area contributed by atoms with Gasteiger partial charge in [0.1, 0.15) is 11.4 Å². The zero-order valence-corrected chi connectivity index (χ0v) is 18.6. The van der Waals surface area contributed by atoms with Crippen LogP contribution in [0.25, 0.3) is 16.6 Å². The highest BCUT2D eigenvalue weighted by atomic mass is 35.5. The van der Waals surface area contributed by atoms with Gasteiger partial charge in [-0.1, -0.05) is 11.6 Å². The molecule has 7 nitrogen and oxygen atoms in total. The third-order valence-electron chi connectivity index (χ3n) is 5.98. The van der Waals surface area contributed by atoms with Crippen molar-refractivity contribution < 1.29 is 18.0 Å². The summed E-state index contributed by atoms with van der Waals surface area (Å²) >= 11 is 6.08. The Morgan fingerprint density at radius 3 is 2.59 bits per heavy atom. The molecule has 34 heavy (non-hydrogen) atoms. The number of carbonyl (C=O) groups is 1. The van der Waals surface area contributed by atoms with Crippen molar-refractivity contribution in [3.63, 3.8) is 0 Å². The number of imidazole rings is 1. The van der Waals surface area contributed by atoms with Gasteiger partial charge in [-0.15, -0.1) is 0 Å². The highest BCUT2D eigenvalue weighted by Crippen LogP contribution is 2.35. The third kappa shape index (κ3) is 4.63. The Labute approximate surface area is 197 Å². The maximum absolute atomic E-state index is 13.4. The van der Waals surface area contributed by atoms with Crippen LogP contribution in [0.15, 0.2) is 49.1 Å². The molecule has 0 atom stereocenters. The number of carbonyl (C=O) groups excluding carboxylic acids is 1. The summed E-state index contributed by atoms with van der Waals surface area (Å²) in [6.45, 7) is 0. The molecule has 1 amide bonds. The quantitative estimate of drug-likeness (QED) is 0.417. The van der Waals surface area contributed by atoms with E-state index >= 15 is 0 Å². The molecule has 1 aliphatic carbocycles. The molecule has 0 bridgehead atoms. The Balaban J connectivity index is 1.26. The van der Waals surface area contributed by atoms with Crippen molar-refractivity contribution in [2.75, 3.05) is 5.32 Å². The van der Waals surface area contributed by atoms with Gasteiger partial charge >= 0.3 is 6.18 Å². The molecule has 0 radical (unpaired) electrons. The summed E-state index contributed by atoms with van der Waals surface area (Å²) in [6.07, 6.45) is 4.75. The number of aromatic nitrogens is 4. The molecular weight excluding hydrogens is 469 g/mol. The van der Waals surface area contributed by atoms with E-state index in [9.17, 15) is 18.0 Å². The minimum atomic E-state index is -4.56. The van der Waals surface area contributed by atoms with Crippen LogP contribution in [-0.4, -0.2) is 37.3 Å². The SMILES string of the molecule is O=C(NC1CCC(Nc2cc(C(F)(F)F)nc3ccc(Cl)cc23)CC1)c1cn2ccncc2n1. The Morgan fingerprint density at radius 2 is 1.85 bits per heavy atom. The van der Waals surface area contributed by atoms with Gasteiger partial charge in [0.05, 0.1) is 11.7 Å². The maximum atomic E-state index is 13.4. The minimum absolute atomic E-state index is 0.0390. The monoisotopic (exact) mass is 488 g/mol. The first kappa shape index (κ1) is 22.4. The maximum Gasteiger partial charge on any atom is 0.433 e. The number of rotatable bonds is 4. The van der Waals surface area contributed by atoms with E-state index < -0.39 is 11.9 Å². The van der Waals surface area contributed by atoms with Crippen LogP contribution in [0, 0.1) is 0 Å². The van der Waals surface area contributed by atoms with Gasteiger partial charge < -0.3 is 15.0 Å². The number of halogens is 4. The molecule has 1 saturated carbocycles. The lowest BCUT2D eigenvalue weighted by atomic mass is 9.90. The van der Waals surface area contributed by atoms with E-state index in [1.54, 1.807) is 35.3 Å². The fraction of sp³-hybridized carbons (Fsp3) is 0.304. The molecule has 0 aliphatic heterocycles. The zero-order chi connectivity index (χ0) is 23.9. The fourth-order valence-electron chi connectivity index (χ4n) is 4.28. The summed E-state index contributed by atoms with van der Waals surface area (Å²) in [6, 6.07) is 5.57. The van der Waals surface area contributed by atoms with Gasteiger partial charge in [-0.25, -0.2) is 9.97 Å². The number of benzene rings is 1. The number of fused-ring (bicyclic) bond motifs is 2. The molecule has 176 valence electrons. The number of anilines is 1. The average molecular weight is 489 g/mol. The second-order valence-corrected chi connectivity index (χ2v) is 8.78. The number of hydrogen-bond acceptors (Lipinski definition) is 5. The van der Waals surface area contributed by atoms with Crippen molar-refractivity contribution in [2.45, 2.75) is 43.9 Å². The van der Waals surface area contributed by atoms with Crippen molar-refractivity contribution in [2.24, 2.45) is 0 Å². The van der Waals surface area contributed by atoms with Gasteiger partial charge in [0.2, 0.25) is 0 Å². The van der Waals surface area contributed by atoms with E-state index in [4.69, 9.17) is 11.6 Å². The van der Waals surface area contributed by atoms with E-state index in [1.807, 2.05) is 0 Å². The van der Waals surface area contributed by atoms with Gasteiger partial charge in [0.15, 0.2) is 5.65 Å². The summed E-state index contributed by atoms with van der Waals surface area (Å²) in [4.78, 5) is 24.6. The molecule has 1 aromatic carbocycles. The van der Waals surface area contributed by atoms with E-state index in [-0.39, 0.29) is 23.5 Å². The lowest BCUT2D eigenvalue weighted by Gasteiger charge is -2.30. The van der Waals surface area contributed by atoms with E-state index in [0.29, 0.717) is 53.1 Å². The van der Waals surface area contributed by atoms with Crippen LogP contribution < -0.4 is 10.6 Å². The molecule has 5 rings (SSSR count). The summed E-state index contributed by atoms with van der Waals surface area (Å²) in [7, 11) is 0. The van der Waals surface area contributed by atoms with Crippen molar-refractivity contribution >= 4 is 39.7 Å². The average Bonchev–Trinajstić information content (AvgIpc) is 3.24. The van der Waals surface area contributed by atoms with Gasteiger partial charge in [-0.2, -0.15) is 13.2 Å². The molecule has 3 aromatic heterocycles. The van der Waals surface area contributed by atoms with Crippen molar-refractivity contribution in [1.29, 1.82) is 0 Å². The lowest BCUT2D eigenvalue weighted by Crippen LogP contribution is -2.40.